The molecule has 0 bridgehead atoms. The number of benzene rings is 1. The van der Waals surface area contributed by atoms with Gasteiger partial charge in [-0.15, -0.1) is 11.3 Å². The summed E-state index contributed by atoms with van der Waals surface area (Å²) in [5, 5.41) is 1.11. The van der Waals surface area contributed by atoms with E-state index >= 15 is 0 Å². The lowest BCUT2D eigenvalue weighted by Crippen LogP contribution is -2.23. The van der Waals surface area contributed by atoms with Gasteiger partial charge in [0.05, 0.1) is 19.1 Å². The number of hydrogen-bond donors (Lipinski definition) is 0. The van der Waals surface area contributed by atoms with Gasteiger partial charge in [0.2, 0.25) is 0 Å². The summed E-state index contributed by atoms with van der Waals surface area (Å²) < 4.78 is 11.5. The Morgan fingerprint density at radius 2 is 1.91 bits per heavy atom. The SMILES string of the molecule is CCOC(=O)C[C@H]1Cc2sc3ccccc3c2[C@@H]1C(=O)OCC. The monoisotopic (exact) mass is 332 g/mol. The molecule has 0 aliphatic heterocycles. The molecular formula is C18H20O4S. The van der Waals surface area contributed by atoms with E-state index in [4.69, 9.17) is 9.47 Å². The second-order valence-electron chi connectivity index (χ2n) is 5.64. The highest BCUT2D eigenvalue weighted by Gasteiger charge is 2.42. The molecule has 2 atom stereocenters. The minimum absolute atomic E-state index is 0.0704. The van der Waals surface area contributed by atoms with Crippen LogP contribution in [-0.4, -0.2) is 25.2 Å². The van der Waals surface area contributed by atoms with Gasteiger partial charge in [-0.25, -0.2) is 0 Å². The molecule has 0 amide bonds. The van der Waals surface area contributed by atoms with E-state index in [1.54, 1.807) is 25.2 Å². The fourth-order valence-electron chi connectivity index (χ4n) is 3.37. The summed E-state index contributed by atoms with van der Waals surface area (Å²) >= 11 is 1.71. The summed E-state index contributed by atoms with van der Waals surface area (Å²) in [5.74, 6) is -0.917. The van der Waals surface area contributed by atoms with Gasteiger partial charge in [0.25, 0.3) is 0 Å². The first-order chi connectivity index (χ1) is 11.2. The second kappa shape index (κ2) is 6.71. The van der Waals surface area contributed by atoms with Gasteiger partial charge in [-0.05, 0) is 43.2 Å². The Morgan fingerprint density at radius 3 is 2.65 bits per heavy atom. The molecule has 122 valence electrons. The van der Waals surface area contributed by atoms with Crippen LogP contribution >= 0.6 is 11.3 Å². The lowest BCUT2D eigenvalue weighted by atomic mass is 9.89. The van der Waals surface area contributed by atoms with Gasteiger partial charge >= 0.3 is 11.9 Å². The molecule has 23 heavy (non-hydrogen) atoms. The molecule has 0 spiro atoms. The quantitative estimate of drug-likeness (QED) is 0.784. The Bertz CT molecular complexity index is 734. The average Bonchev–Trinajstić information content (AvgIpc) is 3.02. The lowest BCUT2D eigenvalue weighted by molar-refractivity contribution is -0.148. The van der Waals surface area contributed by atoms with Crippen molar-refractivity contribution < 1.29 is 19.1 Å². The van der Waals surface area contributed by atoms with Gasteiger partial charge in [0.15, 0.2) is 0 Å². The van der Waals surface area contributed by atoms with Gasteiger partial charge in [-0.3, -0.25) is 9.59 Å². The van der Waals surface area contributed by atoms with Gasteiger partial charge < -0.3 is 9.47 Å². The second-order valence-corrected chi connectivity index (χ2v) is 6.77. The van der Waals surface area contributed by atoms with Gasteiger partial charge in [0, 0.05) is 16.0 Å². The standard InChI is InChI=1S/C18H20O4S/c1-3-21-15(19)10-11-9-14-17(16(11)18(20)22-4-2)12-7-5-6-8-13(12)23-14/h5-8,11,16H,3-4,9-10H2,1-2H3/t11-,16-/m1/s1. The predicted octanol–water partition coefficient (Wildman–Crippen LogP) is 3.67. The minimum Gasteiger partial charge on any atom is -0.466 e. The third kappa shape index (κ3) is 2.98. The molecule has 0 radical (unpaired) electrons. The van der Waals surface area contributed by atoms with E-state index in [0.717, 1.165) is 17.4 Å². The minimum atomic E-state index is -0.370. The van der Waals surface area contributed by atoms with E-state index in [1.165, 1.54) is 9.58 Å². The largest absolute Gasteiger partial charge is 0.466 e. The maximum absolute atomic E-state index is 12.5. The zero-order valence-electron chi connectivity index (χ0n) is 13.3. The molecule has 0 N–H and O–H groups in total. The molecule has 1 aliphatic rings. The Morgan fingerprint density at radius 1 is 1.17 bits per heavy atom. The Balaban J connectivity index is 1.96. The molecule has 1 aliphatic carbocycles. The van der Waals surface area contributed by atoms with Crippen LogP contribution in [0.4, 0.5) is 0 Å². The number of fused-ring (bicyclic) bond motifs is 3. The highest BCUT2D eigenvalue weighted by molar-refractivity contribution is 7.19. The van der Waals surface area contributed by atoms with Crippen molar-refractivity contribution in [3.63, 3.8) is 0 Å². The fraction of sp³-hybridized carbons (Fsp3) is 0.444. The topological polar surface area (TPSA) is 52.6 Å². The fourth-order valence-corrected chi connectivity index (χ4v) is 4.71. The molecule has 0 saturated heterocycles. The number of esters is 2. The van der Waals surface area contributed by atoms with Crippen LogP contribution in [0.2, 0.25) is 0 Å². The van der Waals surface area contributed by atoms with Crippen LogP contribution in [-0.2, 0) is 25.5 Å². The number of thiophene rings is 1. The summed E-state index contributed by atoms with van der Waals surface area (Å²) in [7, 11) is 0. The molecule has 0 fully saturated rings. The first-order valence-electron chi connectivity index (χ1n) is 7.98. The molecular weight excluding hydrogens is 312 g/mol. The number of carbonyl (C=O) groups is 2. The van der Waals surface area contributed by atoms with Crippen molar-refractivity contribution in [2.75, 3.05) is 13.2 Å². The summed E-state index contributed by atoms with van der Waals surface area (Å²) in [4.78, 5) is 25.6. The van der Waals surface area contributed by atoms with Crippen molar-refractivity contribution in [1.82, 2.24) is 0 Å². The first kappa shape index (κ1) is 16.0. The van der Waals surface area contributed by atoms with Crippen molar-refractivity contribution in [3.05, 3.63) is 34.7 Å². The van der Waals surface area contributed by atoms with Crippen molar-refractivity contribution in [1.29, 1.82) is 0 Å². The van der Waals surface area contributed by atoms with E-state index < -0.39 is 0 Å². The molecule has 0 saturated carbocycles. The van der Waals surface area contributed by atoms with E-state index in [1.807, 2.05) is 18.2 Å². The van der Waals surface area contributed by atoms with Crippen LogP contribution < -0.4 is 0 Å². The lowest BCUT2D eigenvalue weighted by Gasteiger charge is -2.18. The highest BCUT2D eigenvalue weighted by atomic mass is 32.1. The average molecular weight is 332 g/mol. The Kier molecular flexibility index (Phi) is 4.66. The summed E-state index contributed by atoms with van der Waals surface area (Å²) in [6.45, 7) is 4.30. The van der Waals surface area contributed by atoms with E-state index in [9.17, 15) is 9.59 Å². The van der Waals surface area contributed by atoms with Crippen molar-refractivity contribution in [3.8, 4) is 0 Å². The maximum Gasteiger partial charge on any atom is 0.313 e. The van der Waals surface area contributed by atoms with Gasteiger partial charge in [0.1, 0.15) is 0 Å². The third-order valence-corrected chi connectivity index (χ3v) is 5.42. The van der Waals surface area contributed by atoms with Crippen LogP contribution in [0.3, 0.4) is 0 Å². The predicted molar refractivity (Wildman–Crippen MR) is 89.6 cm³/mol. The summed E-state index contributed by atoms with van der Waals surface area (Å²) in [6.07, 6.45) is 0.990. The van der Waals surface area contributed by atoms with Crippen LogP contribution in [0.1, 0.15) is 36.6 Å². The molecule has 5 heteroatoms. The zero-order chi connectivity index (χ0) is 16.4. The van der Waals surface area contributed by atoms with E-state index in [0.29, 0.717) is 13.2 Å². The molecule has 1 aromatic heterocycles. The Labute approximate surface area is 139 Å². The number of hydrogen-bond acceptors (Lipinski definition) is 5. The van der Waals surface area contributed by atoms with Crippen molar-refractivity contribution >= 4 is 33.4 Å². The van der Waals surface area contributed by atoms with Gasteiger partial charge in [-0.1, -0.05) is 18.2 Å². The molecule has 4 nitrogen and oxygen atoms in total. The van der Waals surface area contributed by atoms with Crippen LogP contribution in [0.5, 0.6) is 0 Å². The summed E-state index contributed by atoms with van der Waals surface area (Å²) in [5.41, 5.74) is 1.05. The number of rotatable bonds is 5. The zero-order valence-corrected chi connectivity index (χ0v) is 14.2. The van der Waals surface area contributed by atoms with Crippen LogP contribution in [0.15, 0.2) is 24.3 Å². The normalized spacial score (nSPS) is 19.6. The third-order valence-electron chi connectivity index (χ3n) is 4.22. The first-order valence-corrected chi connectivity index (χ1v) is 8.79. The van der Waals surface area contributed by atoms with Crippen LogP contribution in [0.25, 0.3) is 10.1 Å². The van der Waals surface area contributed by atoms with Crippen LogP contribution in [0, 0.1) is 5.92 Å². The highest BCUT2D eigenvalue weighted by Crippen LogP contribution is 2.48. The molecule has 3 rings (SSSR count). The van der Waals surface area contributed by atoms with Crippen molar-refractivity contribution in [2.24, 2.45) is 5.92 Å². The van der Waals surface area contributed by atoms with Crippen molar-refractivity contribution in [2.45, 2.75) is 32.6 Å². The molecule has 1 aromatic carbocycles. The summed E-state index contributed by atoms with van der Waals surface area (Å²) in [6, 6.07) is 8.10. The molecule has 1 heterocycles. The van der Waals surface area contributed by atoms with Gasteiger partial charge in [-0.2, -0.15) is 0 Å². The molecule has 0 unspecified atom stereocenters. The number of ether oxygens (including phenoxy) is 2. The Hall–Kier alpha value is -1.88. The molecule has 2 aromatic rings. The number of carbonyl (C=O) groups excluding carboxylic acids is 2. The smallest absolute Gasteiger partial charge is 0.313 e. The van der Waals surface area contributed by atoms with E-state index in [2.05, 4.69) is 6.07 Å². The van der Waals surface area contributed by atoms with E-state index in [-0.39, 0.29) is 30.2 Å². The maximum atomic E-state index is 12.5.